The lowest BCUT2D eigenvalue weighted by atomic mass is 9.67. The molecule has 0 aliphatic heterocycles. The molecule has 0 saturated heterocycles. The third kappa shape index (κ3) is 5.35. The molecule has 2 aliphatic rings. The van der Waals surface area contributed by atoms with Crippen LogP contribution in [0.25, 0.3) is 0 Å². The van der Waals surface area contributed by atoms with Crippen molar-refractivity contribution in [2.75, 3.05) is 7.11 Å². The molecule has 2 rings (SSSR count). The molecule has 2 aliphatic carbocycles. The molecule has 0 bridgehead atoms. The fraction of sp³-hybridized carbons (Fsp3) is 0.857. The number of methoxy groups -OCH3 is 1. The molecular weight excluding hydrogens is 282 g/mol. The van der Waals surface area contributed by atoms with E-state index in [1.807, 2.05) is 13.2 Å². The van der Waals surface area contributed by atoms with E-state index >= 15 is 0 Å². The Hall–Kier alpha value is -0.810. The number of rotatable bonds is 7. The van der Waals surface area contributed by atoms with Gasteiger partial charge in [-0.15, -0.1) is 0 Å². The zero-order valence-electron chi connectivity index (χ0n) is 15.2. The highest BCUT2D eigenvalue weighted by molar-refractivity contribution is 5.02. The van der Waals surface area contributed by atoms with Gasteiger partial charge in [0.2, 0.25) is 0 Å². The van der Waals surface area contributed by atoms with E-state index in [1.165, 1.54) is 64.2 Å². The van der Waals surface area contributed by atoms with Gasteiger partial charge in [0, 0.05) is 13.2 Å². The van der Waals surface area contributed by atoms with Crippen LogP contribution in [0.2, 0.25) is 0 Å². The van der Waals surface area contributed by atoms with Gasteiger partial charge in [0.1, 0.15) is 0 Å². The Balaban J connectivity index is 1.76. The van der Waals surface area contributed by atoms with Crippen LogP contribution in [0.15, 0.2) is 12.2 Å². The van der Waals surface area contributed by atoms with Crippen LogP contribution in [0, 0.1) is 29.1 Å². The molecule has 130 valence electrons. The molecule has 0 atom stereocenters. The molecule has 0 aromatic carbocycles. The minimum absolute atomic E-state index is 0.0791. The number of hydrogen-bond donors (Lipinski definition) is 0. The van der Waals surface area contributed by atoms with Crippen LogP contribution < -0.4 is 0 Å². The highest BCUT2D eigenvalue weighted by Crippen LogP contribution is 2.45. The zero-order chi connectivity index (χ0) is 16.5. The van der Waals surface area contributed by atoms with Crippen molar-refractivity contribution >= 4 is 0 Å². The number of ether oxygens (including phenoxy) is 1. The summed E-state index contributed by atoms with van der Waals surface area (Å²) in [6.07, 6.45) is 19.4. The lowest BCUT2D eigenvalue weighted by Gasteiger charge is -2.43. The molecule has 0 amide bonds. The average Bonchev–Trinajstić information content (AvgIpc) is 2.60. The van der Waals surface area contributed by atoms with Crippen molar-refractivity contribution in [1.29, 1.82) is 5.26 Å². The Kier molecular flexibility index (Phi) is 7.63. The fourth-order valence-electron chi connectivity index (χ4n) is 5.03. The Morgan fingerprint density at radius 3 is 2.30 bits per heavy atom. The third-order valence-electron chi connectivity index (χ3n) is 6.59. The van der Waals surface area contributed by atoms with Crippen molar-refractivity contribution in [2.24, 2.45) is 17.8 Å². The topological polar surface area (TPSA) is 33.0 Å². The van der Waals surface area contributed by atoms with Gasteiger partial charge < -0.3 is 4.74 Å². The van der Waals surface area contributed by atoms with E-state index in [9.17, 15) is 0 Å². The first-order valence-corrected chi connectivity index (χ1v) is 9.83. The smallest absolute Gasteiger partial charge is 0.0908 e. The fourth-order valence-corrected chi connectivity index (χ4v) is 5.03. The number of allylic oxidation sites excluding steroid dienone is 2. The van der Waals surface area contributed by atoms with Gasteiger partial charge in [-0.05, 0) is 69.1 Å². The van der Waals surface area contributed by atoms with Gasteiger partial charge in [-0.2, -0.15) is 5.26 Å². The molecule has 0 radical (unpaired) electrons. The maximum Gasteiger partial charge on any atom is 0.0908 e. The molecule has 0 heterocycles. The summed E-state index contributed by atoms with van der Waals surface area (Å²) in [4.78, 5) is 0. The van der Waals surface area contributed by atoms with Gasteiger partial charge in [0.25, 0.3) is 0 Å². The molecule has 0 aromatic rings. The van der Waals surface area contributed by atoms with Crippen molar-refractivity contribution in [3.63, 3.8) is 0 Å². The van der Waals surface area contributed by atoms with Crippen molar-refractivity contribution in [1.82, 2.24) is 0 Å². The predicted molar refractivity (Wildman–Crippen MR) is 96.0 cm³/mol. The van der Waals surface area contributed by atoms with Crippen molar-refractivity contribution < 1.29 is 4.74 Å². The first-order valence-electron chi connectivity index (χ1n) is 9.83. The summed E-state index contributed by atoms with van der Waals surface area (Å²) in [5, 5.41) is 8.59. The lowest BCUT2D eigenvalue weighted by molar-refractivity contribution is -0.0618. The number of nitriles is 1. The predicted octanol–water partition coefficient (Wildman–Crippen LogP) is 6.03. The lowest BCUT2D eigenvalue weighted by Crippen LogP contribution is -2.38. The van der Waals surface area contributed by atoms with Crippen molar-refractivity contribution in [3.8, 4) is 6.07 Å². The average molecular weight is 318 g/mol. The van der Waals surface area contributed by atoms with Gasteiger partial charge in [-0.1, -0.05) is 38.7 Å². The highest BCUT2D eigenvalue weighted by Gasteiger charge is 2.37. The summed E-state index contributed by atoms with van der Waals surface area (Å²) in [6.45, 7) is 2.32. The van der Waals surface area contributed by atoms with Gasteiger partial charge in [-0.25, -0.2) is 0 Å². The summed E-state index contributed by atoms with van der Waals surface area (Å²) < 4.78 is 5.93. The Bertz CT molecular complexity index is 393. The Labute approximate surface area is 143 Å². The van der Waals surface area contributed by atoms with Gasteiger partial charge >= 0.3 is 0 Å². The summed E-state index contributed by atoms with van der Waals surface area (Å²) in [5.74, 6) is 2.94. The van der Waals surface area contributed by atoms with Crippen LogP contribution in [0.4, 0.5) is 0 Å². The van der Waals surface area contributed by atoms with Crippen LogP contribution >= 0.6 is 0 Å². The van der Waals surface area contributed by atoms with E-state index < -0.39 is 0 Å². The molecule has 2 saturated carbocycles. The second-order valence-corrected chi connectivity index (χ2v) is 7.86. The minimum atomic E-state index is 0.0791. The summed E-state index contributed by atoms with van der Waals surface area (Å²) in [6, 6.07) is 2.08. The van der Waals surface area contributed by atoms with Crippen LogP contribution in [0.5, 0.6) is 0 Å². The third-order valence-corrected chi connectivity index (χ3v) is 6.59. The van der Waals surface area contributed by atoms with Crippen LogP contribution in [0.1, 0.15) is 84.0 Å². The van der Waals surface area contributed by atoms with Crippen molar-refractivity contribution in [3.05, 3.63) is 12.2 Å². The molecule has 2 fully saturated rings. The summed E-state index contributed by atoms with van der Waals surface area (Å²) >= 11 is 0. The van der Waals surface area contributed by atoms with Crippen LogP contribution in [0.3, 0.4) is 0 Å². The normalized spacial score (nSPS) is 35.3. The summed E-state index contributed by atoms with van der Waals surface area (Å²) in [5.41, 5.74) is 0.0791. The molecule has 2 heteroatoms. The van der Waals surface area contributed by atoms with E-state index in [1.54, 1.807) is 6.08 Å². The number of hydrogen-bond acceptors (Lipinski definition) is 2. The molecule has 0 unspecified atom stereocenters. The Morgan fingerprint density at radius 2 is 1.74 bits per heavy atom. The maximum absolute atomic E-state index is 8.59. The van der Waals surface area contributed by atoms with Crippen LogP contribution in [-0.4, -0.2) is 12.7 Å². The zero-order valence-corrected chi connectivity index (χ0v) is 15.2. The van der Waals surface area contributed by atoms with Crippen LogP contribution in [-0.2, 0) is 4.74 Å². The molecule has 0 aromatic heterocycles. The Morgan fingerprint density at radius 1 is 1.09 bits per heavy atom. The van der Waals surface area contributed by atoms with E-state index in [-0.39, 0.29) is 5.60 Å². The van der Waals surface area contributed by atoms with E-state index in [0.29, 0.717) is 0 Å². The largest absolute Gasteiger partial charge is 0.378 e. The molecular formula is C21H35NO. The number of nitrogens with zero attached hydrogens (tertiary/aromatic N) is 1. The van der Waals surface area contributed by atoms with Gasteiger partial charge in [0.15, 0.2) is 0 Å². The maximum atomic E-state index is 8.59. The van der Waals surface area contributed by atoms with Crippen molar-refractivity contribution in [2.45, 2.75) is 89.6 Å². The monoisotopic (exact) mass is 317 g/mol. The van der Waals surface area contributed by atoms with Gasteiger partial charge in [-0.3, -0.25) is 0 Å². The minimum Gasteiger partial charge on any atom is -0.378 e. The molecule has 2 nitrogen and oxygen atoms in total. The highest BCUT2D eigenvalue weighted by atomic mass is 16.5. The molecule has 23 heavy (non-hydrogen) atoms. The quantitative estimate of drug-likeness (QED) is 0.537. The molecule has 0 N–H and O–H groups in total. The summed E-state index contributed by atoms with van der Waals surface area (Å²) in [7, 11) is 1.88. The standard InChI is InChI=1S/C21H35NO/c1-3-7-18-8-10-19(11-9-18)20-12-15-21(23-2,16-13-20)14-5-4-6-17-22/h4,6,18-20H,3,5,7-16H2,1-2H3. The van der Waals surface area contributed by atoms with E-state index in [2.05, 4.69) is 13.0 Å². The van der Waals surface area contributed by atoms with E-state index in [4.69, 9.17) is 10.00 Å². The second kappa shape index (κ2) is 9.48. The SMILES string of the molecule is CCCC1CCC(C2CCC(CCC=CC#N)(OC)CC2)CC1. The second-order valence-electron chi connectivity index (χ2n) is 7.86. The van der Waals surface area contributed by atoms with E-state index in [0.717, 1.165) is 30.6 Å². The first kappa shape index (κ1) is 18.5. The first-order chi connectivity index (χ1) is 11.2. The molecule has 0 spiro atoms. The van der Waals surface area contributed by atoms with Gasteiger partial charge in [0.05, 0.1) is 11.7 Å².